The average Bonchev–Trinajstić information content (AvgIpc) is 2.98. The third kappa shape index (κ3) is 4.14. The first-order chi connectivity index (χ1) is 12.8. The highest BCUT2D eigenvalue weighted by atomic mass is 19.1. The number of nitrogens with zero attached hydrogens (tertiary/aromatic N) is 4. The largest absolute Gasteiger partial charge is 0.365 e. The van der Waals surface area contributed by atoms with Gasteiger partial charge in [0.15, 0.2) is 0 Å². The molecule has 11 heteroatoms. The van der Waals surface area contributed by atoms with E-state index in [0.29, 0.717) is 17.8 Å². The normalized spacial score (nSPS) is 10.7. The molecule has 140 valence electrons. The van der Waals surface area contributed by atoms with E-state index in [-0.39, 0.29) is 23.9 Å². The zero-order valence-electron chi connectivity index (χ0n) is 14.0. The molecule has 0 radical (unpaired) electrons. The average molecular weight is 377 g/mol. The van der Waals surface area contributed by atoms with Gasteiger partial charge < -0.3 is 16.4 Å². The van der Waals surface area contributed by atoms with Crippen molar-refractivity contribution in [2.75, 3.05) is 10.6 Å². The van der Waals surface area contributed by atoms with Gasteiger partial charge in [-0.3, -0.25) is 9.48 Å². The third-order valence-corrected chi connectivity index (χ3v) is 3.55. The molecule has 0 atom stereocenters. The predicted octanol–water partition coefficient (Wildman–Crippen LogP) is 2.08. The molecule has 0 aliphatic rings. The van der Waals surface area contributed by atoms with E-state index in [2.05, 4.69) is 25.7 Å². The van der Waals surface area contributed by atoms with E-state index in [1.165, 1.54) is 12.4 Å². The molecule has 1 amide bonds. The second kappa shape index (κ2) is 7.32. The first-order valence-corrected chi connectivity index (χ1v) is 7.63. The lowest BCUT2D eigenvalue weighted by Gasteiger charge is -2.12. The van der Waals surface area contributed by atoms with Crippen molar-refractivity contribution in [2.24, 2.45) is 12.8 Å². The van der Waals surface area contributed by atoms with Gasteiger partial charge in [-0.2, -0.15) is 10.1 Å². The Balaban J connectivity index is 1.86. The highest BCUT2D eigenvalue weighted by molar-refractivity contribution is 5.97. The number of anilines is 3. The SMILES string of the molecule is Cn1cc(Nc2ncc(C(N)=O)c(NCc3c(F)cc(F)cc3F)n2)cn1. The van der Waals surface area contributed by atoms with Gasteiger partial charge in [-0.25, -0.2) is 18.2 Å². The van der Waals surface area contributed by atoms with Crippen molar-refractivity contribution in [2.45, 2.75) is 6.54 Å². The van der Waals surface area contributed by atoms with Crippen LogP contribution in [-0.4, -0.2) is 25.7 Å². The van der Waals surface area contributed by atoms with Crippen LogP contribution in [-0.2, 0) is 13.6 Å². The molecule has 2 heterocycles. The van der Waals surface area contributed by atoms with Crippen molar-refractivity contribution in [3.05, 3.63) is 59.3 Å². The van der Waals surface area contributed by atoms with Crippen molar-refractivity contribution in [1.29, 1.82) is 0 Å². The maximum atomic E-state index is 13.8. The summed E-state index contributed by atoms with van der Waals surface area (Å²) >= 11 is 0. The summed E-state index contributed by atoms with van der Waals surface area (Å²) in [6.45, 7) is -0.387. The minimum absolute atomic E-state index is 0.0352. The summed E-state index contributed by atoms with van der Waals surface area (Å²) in [5.41, 5.74) is 5.38. The number of halogens is 3. The molecule has 0 spiro atoms. The van der Waals surface area contributed by atoms with Crippen molar-refractivity contribution < 1.29 is 18.0 Å². The summed E-state index contributed by atoms with van der Waals surface area (Å²) in [4.78, 5) is 19.6. The summed E-state index contributed by atoms with van der Waals surface area (Å²) in [5, 5.41) is 9.47. The Bertz CT molecular complexity index is 982. The molecule has 0 aliphatic carbocycles. The lowest BCUT2D eigenvalue weighted by Crippen LogP contribution is -2.17. The molecular weight excluding hydrogens is 363 g/mol. The molecule has 0 bridgehead atoms. The molecule has 0 aliphatic heterocycles. The first-order valence-electron chi connectivity index (χ1n) is 7.63. The number of hydrogen-bond acceptors (Lipinski definition) is 6. The van der Waals surface area contributed by atoms with Crippen LogP contribution in [0.4, 0.5) is 30.6 Å². The van der Waals surface area contributed by atoms with Gasteiger partial charge in [-0.1, -0.05) is 0 Å². The molecule has 3 rings (SSSR count). The van der Waals surface area contributed by atoms with E-state index in [0.717, 1.165) is 0 Å². The molecule has 8 nitrogen and oxygen atoms in total. The molecule has 0 fully saturated rings. The van der Waals surface area contributed by atoms with Crippen molar-refractivity contribution in [3.8, 4) is 0 Å². The number of carbonyl (C=O) groups excluding carboxylic acids is 1. The summed E-state index contributed by atoms with van der Waals surface area (Å²) in [7, 11) is 1.72. The molecular formula is C16H14F3N7O. The maximum Gasteiger partial charge on any atom is 0.254 e. The van der Waals surface area contributed by atoms with Gasteiger partial charge in [0.05, 0.1) is 17.4 Å². The molecule has 27 heavy (non-hydrogen) atoms. The van der Waals surface area contributed by atoms with Gasteiger partial charge in [0, 0.05) is 43.7 Å². The molecule has 2 aromatic heterocycles. The molecule has 0 unspecified atom stereocenters. The van der Waals surface area contributed by atoms with Crippen LogP contribution < -0.4 is 16.4 Å². The number of rotatable bonds is 6. The van der Waals surface area contributed by atoms with Crippen LogP contribution in [0.5, 0.6) is 0 Å². The molecule has 1 aromatic carbocycles. The molecule has 4 N–H and O–H groups in total. The Labute approximate surface area is 151 Å². The van der Waals surface area contributed by atoms with Gasteiger partial charge in [-0.15, -0.1) is 0 Å². The first kappa shape index (κ1) is 18.2. The number of hydrogen-bond donors (Lipinski definition) is 3. The van der Waals surface area contributed by atoms with Crippen LogP contribution in [0.25, 0.3) is 0 Å². The fraction of sp³-hybridized carbons (Fsp3) is 0.125. The Morgan fingerprint density at radius 1 is 1.22 bits per heavy atom. The van der Waals surface area contributed by atoms with Gasteiger partial charge >= 0.3 is 0 Å². The number of amides is 1. The molecule has 0 saturated heterocycles. The second-order valence-electron chi connectivity index (χ2n) is 5.55. The zero-order valence-corrected chi connectivity index (χ0v) is 14.0. The number of nitrogens with one attached hydrogen (secondary N) is 2. The summed E-state index contributed by atoms with van der Waals surface area (Å²) in [6, 6.07) is 1.12. The van der Waals surface area contributed by atoms with E-state index in [1.807, 2.05) is 0 Å². The van der Waals surface area contributed by atoms with Gasteiger partial charge in [0.2, 0.25) is 5.95 Å². The van der Waals surface area contributed by atoms with Crippen LogP contribution in [0.1, 0.15) is 15.9 Å². The van der Waals surface area contributed by atoms with Gasteiger partial charge in [-0.05, 0) is 0 Å². The van der Waals surface area contributed by atoms with Crippen LogP contribution in [0.3, 0.4) is 0 Å². The number of carbonyl (C=O) groups is 1. The van der Waals surface area contributed by atoms with E-state index in [9.17, 15) is 18.0 Å². The van der Waals surface area contributed by atoms with Crippen molar-refractivity contribution in [3.63, 3.8) is 0 Å². The van der Waals surface area contributed by atoms with Gasteiger partial charge in [0.1, 0.15) is 23.3 Å². The molecule has 3 aromatic rings. The number of aryl methyl sites for hydroxylation is 1. The minimum atomic E-state index is -1.07. The van der Waals surface area contributed by atoms with Gasteiger partial charge in [0.25, 0.3) is 5.91 Å². The monoisotopic (exact) mass is 377 g/mol. The second-order valence-corrected chi connectivity index (χ2v) is 5.55. The highest BCUT2D eigenvalue weighted by Gasteiger charge is 2.16. The Morgan fingerprint density at radius 3 is 2.52 bits per heavy atom. The van der Waals surface area contributed by atoms with E-state index < -0.39 is 28.9 Å². The number of nitrogens with two attached hydrogens (primary N) is 1. The van der Waals surface area contributed by atoms with Crippen LogP contribution in [0, 0.1) is 17.5 Å². The smallest absolute Gasteiger partial charge is 0.254 e. The quantitative estimate of drug-likeness (QED) is 0.607. The van der Waals surface area contributed by atoms with Crippen LogP contribution in [0.2, 0.25) is 0 Å². The molecule has 0 saturated carbocycles. The Kier molecular flexibility index (Phi) is 4.92. The van der Waals surface area contributed by atoms with E-state index >= 15 is 0 Å². The summed E-state index contributed by atoms with van der Waals surface area (Å²) in [5.74, 6) is -3.92. The van der Waals surface area contributed by atoms with E-state index in [4.69, 9.17) is 5.73 Å². The Morgan fingerprint density at radius 2 is 1.93 bits per heavy atom. The summed E-state index contributed by atoms with van der Waals surface area (Å²) < 4.78 is 42.1. The zero-order chi connectivity index (χ0) is 19.6. The van der Waals surface area contributed by atoms with Crippen LogP contribution in [0.15, 0.2) is 30.7 Å². The predicted molar refractivity (Wildman–Crippen MR) is 90.7 cm³/mol. The maximum absolute atomic E-state index is 13.8. The standard InChI is InChI=1S/C16H14F3N7O/c1-26-7-9(4-23-26)24-16-22-6-11(14(20)27)15(25-16)21-5-10-12(18)2-8(17)3-13(10)19/h2-4,6-7H,5H2,1H3,(H2,20,27)(H2,21,22,24,25). The lowest BCUT2D eigenvalue weighted by molar-refractivity contribution is 0.100. The minimum Gasteiger partial charge on any atom is -0.365 e. The topological polar surface area (TPSA) is 111 Å². The highest BCUT2D eigenvalue weighted by Crippen LogP contribution is 2.20. The Hall–Kier alpha value is -3.63. The summed E-state index contributed by atoms with van der Waals surface area (Å²) in [6.07, 6.45) is 4.37. The van der Waals surface area contributed by atoms with Crippen LogP contribution >= 0.6 is 0 Å². The number of benzene rings is 1. The van der Waals surface area contributed by atoms with Crippen molar-refractivity contribution in [1.82, 2.24) is 19.7 Å². The fourth-order valence-corrected chi connectivity index (χ4v) is 2.29. The lowest BCUT2D eigenvalue weighted by atomic mass is 10.2. The number of aromatic nitrogens is 4. The fourth-order valence-electron chi connectivity index (χ4n) is 2.29. The number of primary amides is 1. The van der Waals surface area contributed by atoms with E-state index in [1.54, 1.807) is 17.9 Å². The third-order valence-electron chi connectivity index (χ3n) is 3.55. The van der Waals surface area contributed by atoms with Crippen molar-refractivity contribution >= 4 is 23.4 Å².